The molecule has 22 heavy (non-hydrogen) atoms. The van der Waals surface area contributed by atoms with Gasteiger partial charge in [-0.1, -0.05) is 42.5 Å². The largest absolute Gasteiger partial charge is 0.391 e. The van der Waals surface area contributed by atoms with Crippen molar-refractivity contribution in [3.63, 3.8) is 0 Å². The van der Waals surface area contributed by atoms with Gasteiger partial charge in [-0.3, -0.25) is 0 Å². The molecule has 0 radical (unpaired) electrons. The van der Waals surface area contributed by atoms with Crippen LogP contribution in [-0.4, -0.2) is 21.8 Å². The maximum Gasteiger partial charge on any atom is 0.369 e. The van der Waals surface area contributed by atoms with Gasteiger partial charge >= 0.3 is 8.56 Å². The fourth-order valence-corrected chi connectivity index (χ4v) is 5.71. The zero-order valence-electron chi connectivity index (χ0n) is 13.4. The quantitative estimate of drug-likeness (QED) is 0.515. The fourth-order valence-electron chi connectivity index (χ4n) is 3.11. The predicted molar refractivity (Wildman–Crippen MR) is 96.0 cm³/mol. The van der Waals surface area contributed by atoms with Gasteiger partial charge in [0.1, 0.15) is 0 Å². The van der Waals surface area contributed by atoms with Gasteiger partial charge in [-0.15, -0.1) is 0 Å². The summed E-state index contributed by atoms with van der Waals surface area (Å²) in [6.45, 7) is 7.55. The van der Waals surface area contributed by atoms with Gasteiger partial charge in [0.25, 0.3) is 0 Å². The second-order valence-corrected chi connectivity index (χ2v) is 8.55. The highest BCUT2D eigenvalue weighted by atomic mass is 28.4. The molecular weight excluding hydrogens is 288 g/mol. The van der Waals surface area contributed by atoms with Crippen molar-refractivity contribution in [1.82, 2.24) is 0 Å². The third-order valence-corrected chi connectivity index (χ3v) is 7.17. The first-order valence-corrected chi connectivity index (χ1v) is 10.2. The van der Waals surface area contributed by atoms with E-state index in [0.29, 0.717) is 13.2 Å². The molecule has 0 N–H and O–H groups in total. The molecule has 0 saturated heterocycles. The topological polar surface area (TPSA) is 18.5 Å². The van der Waals surface area contributed by atoms with Crippen molar-refractivity contribution in [3.8, 4) is 0 Å². The van der Waals surface area contributed by atoms with Gasteiger partial charge < -0.3 is 8.85 Å². The standard InChI is InChI=1S/C19H22O2Si/c1-4-20-22(3,21-5-2)19-12-8-11-17-13-15-9-6-7-10-16(15)14-18(17)19/h6-14H,4-5H2,1-3H3. The first-order chi connectivity index (χ1) is 10.7. The molecule has 3 heteroatoms. The minimum Gasteiger partial charge on any atom is -0.391 e. The van der Waals surface area contributed by atoms with E-state index < -0.39 is 8.56 Å². The maximum atomic E-state index is 6.09. The van der Waals surface area contributed by atoms with E-state index in [-0.39, 0.29) is 0 Å². The lowest BCUT2D eigenvalue weighted by molar-refractivity contribution is 0.202. The third-order valence-electron chi connectivity index (χ3n) is 4.08. The number of hydrogen-bond donors (Lipinski definition) is 0. The molecular formula is C19H22O2Si. The Kier molecular flexibility index (Phi) is 4.29. The molecule has 0 amide bonds. The summed E-state index contributed by atoms with van der Waals surface area (Å²) in [6.07, 6.45) is 0. The molecule has 3 rings (SSSR count). The normalized spacial score (nSPS) is 12.1. The Morgan fingerprint density at radius 1 is 0.773 bits per heavy atom. The highest BCUT2D eigenvalue weighted by Crippen LogP contribution is 2.24. The Morgan fingerprint density at radius 2 is 1.36 bits per heavy atom. The monoisotopic (exact) mass is 310 g/mol. The minimum absolute atomic E-state index is 0.673. The van der Waals surface area contributed by atoms with Gasteiger partial charge in [-0.2, -0.15) is 0 Å². The van der Waals surface area contributed by atoms with E-state index in [9.17, 15) is 0 Å². The van der Waals surface area contributed by atoms with Crippen molar-refractivity contribution in [2.45, 2.75) is 20.4 Å². The number of benzene rings is 3. The van der Waals surface area contributed by atoms with E-state index in [2.05, 4.69) is 61.1 Å². The number of rotatable bonds is 5. The Labute approximate surface area is 132 Å². The average Bonchev–Trinajstić information content (AvgIpc) is 2.52. The average molecular weight is 310 g/mol. The van der Waals surface area contributed by atoms with Crippen LogP contribution in [0.4, 0.5) is 0 Å². The van der Waals surface area contributed by atoms with E-state index in [0.717, 1.165) is 0 Å². The zero-order valence-corrected chi connectivity index (χ0v) is 14.4. The van der Waals surface area contributed by atoms with Crippen molar-refractivity contribution >= 4 is 35.3 Å². The van der Waals surface area contributed by atoms with Crippen LogP contribution in [0.3, 0.4) is 0 Å². The second-order valence-electron chi connectivity index (χ2n) is 5.54. The summed E-state index contributed by atoms with van der Waals surface area (Å²) < 4.78 is 12.2. The lowest BCUT2D eigenvalue weighted by Crippen LogP contribution is -2.51. The summed E-state index contributed by atoms with van der Waals surface area (Å²) >= 11 is 0. The van der Waals surface area contributed by atoms with Crippen LogP contribution in [0.15, 0.2) is 54.6 Å². The summed E-state index contributed by atoms with van der Waals surface area (Å²) in [5.41, 5.74) is 0. The van der Waals surface area contributed by atoms with Crippen molar-refractivity contribution in [2.24, 2.45) is 0 Å². The number of fused-ring (bicyclic) bond motifs is 2. The molecule has 0 saturated carbocycles. The van der Waals surface area contributed by atoms with Crippen LogP contribution >= 0.6 is 0 Å². The molecule has 0 aliphatic heterocycles. The summed E-state index contributed by atoms with van der Waals surface area (Å²) in [7, 11) is -2.38. The van der Waals surface area contributed by atoms with Crippen LogP contribution in [0.2, 0.25) is 6.55 Å². The van der Waals surface area contributed by atoms with Gasteiger partial charge in [0, 0.05) is 18.4 Å². The molecule has 3 aromatic carbocycles. The maximum absolute atomic E-state index is 6.09. The molecule has 114 valence electrons. The fraction of sp³-hybridized carbons (Fsp3) is 0.263. The first-order valence-electron chi connectivity index (χ1n) is 7.88. The van der Waals surface area contributed by atoms with Crippen molar-refractivity contribution < 1.29 is 8.85 Å². The first kappa shape index (κ1) is 15.2. The molecule has 0 fully saturated rings. The van der Waals surface area contributed by atoms with Gasteiger partial charge in [-0.25, -0.2) is 0 Å². The van der Waals surface area contributed by atoms with Crippen LogP contribution in [-0.2, 0) is 8.85 Å². The van der Waals surface area contributed by atoms with Crippen molar-refractivity contribution in [3.05, 3.63) is 54.6 Å². The summed E-state index contributed by atoms with van der Waals surface area (Å²) in [5.74, 6) is 0. The number of hydrogen-bond acceptors (Lipinski definition) is 2. The van der Waals surface area contributed by atoms with E-state index in [1.54, 1.807) is 0 Å². The molecule has 0 unspecified atom stereocenters. The summed E-state index contributed by atoms with van der Waals surface area (Å²) in [5, 5.41) is 6.24. The van der Waals surface area contributed by atoms with E-state index in [1.165, 1.54) is 26.7 Å². The van der Waals surface area contributed by atoms with Crippen molar-refractivity contribution in [1.29, 1.82) is 0 Å². The van der Waals surface area contributed by atoms with Crippen LogP contribution < -0.4 is 5.19 Å². The highest BCUT2D eigenvalue weighted by Gasteiger charge is 2.35. The second kappa shape index (κ2) is 6.21. The summed E-state index contributed by atoms with van der Waals surface area (Å²) in [4.78, 5) is 0. The van der Waals surface area contributed by atoms with Crippen LogP contribution in [0.5, 0.6) is 0 Å². The molecule has 0 aromatic heterocycles. The Morgan fingerprint density at radius 3 is 2.00 bits per heavy atom. The van der Waals surface area contributed by atoms with Gasteiger partial charge in [0.15, 0.2) is 0 Å². The van der Waals surface area contributed by atoms with Crippen LogP contribution in [0.1, 0.15) is 13.8 Å². The lowest BCUT2D eigenvalue weighted by Gasteiger charge is -2.27. The van der Waals surface area contributed by atoms with Gasteiger partial charge in [0.2, 0.25) is 0 Å². The predicted octanol–water partition coefficient (Wildman–Crippen LogP) is 4.35. The molecule has 0 aliphatic carbocycles. The Balaban J connectivity index is 2.26. The SMILES string of the molecule is CCO[Si](C)(OCC)c1cccc2cc3ccccc3cc12. The minimum atomic E-state index is -2.38. The van der Waals surface area contributed by atoms with E-state index >= 15 is 0 Å². The van der Waals surface area contributed by atoms with Gasteiger partial charge in [-0.05, 0) is 54.1 Å². The zero-order chi connectivity index (χ0) is 15.6. The molecule has 3 aromatic rings. The van der Waals surface area contributed by atoms with Gasteiger partial charge in [0.05, 0.1) is 0 Å². The Hall–Kier alpha value is -1.68. The third kappa shape index (κ3) is 2.67. The van der Waals surface area contributed by atoms with E-state index in [1.807, 2.05) is 13.8 Å². The lowest BCUT2D eigenvalue weighted by atomic mass is 10.0. The van der Waals surface area contributed by atoms with Crippen molar-refractivity contribution in [2.75, 3.05) is 13.2 Å². The molecule has 0 atom stereocenters. The van der Waals surface area contributed by atoms with Crippen LogP contribution in [0, 0.1) is 0 Å². The molecule has 0 bridgehead atoms. The Bertz CT molecular complexity index is 792. The highest BCUT2D eigenvalue weighted by molar-refractivity contribution is 6.82. The van der Waals surface area contributed by atoms with E-state index in [4.69, 9.17) is 8.85 Å². The molecule has 0 aliphatic rings. The molecule has 0 spiro atoms. The molecule has 2 nitrogen and oxygen atoms in total. The van der Waals surface area contributed by atoms with Crippen LogP contribution in [0.25, 0.3) is 21.5 Å². The smallest absolute Gasteiger partial charge is 0.369 e. The summed E-state index contributed by atoms with van der Waals surface area (Å²) in [6, 6.07) is 19.4. The molecule has 0 heterocycles.